The minimum atomic E-state index is -5.44. The molecule has 5 N–H and O–H groups in total. The predicted molar refractivity (Wildman–Crippen MR) is 86.3 cm³/mol. The van der Waals surface area contributed by atoms with E-state index in [-0.39, 0.29) is 10.9 Å². The molecule has 0 amide bonds. The van der Waals surface area contributed by atoms with Gasteiger partial charge in [0.2, 0.25) is 0 Å². The molecule has 0 aromatic rings. The van der Waals surface area contributed by atoms with Crippen LogP contribution in [0.5, 0.6) is 0 Å². The molecule has 21 heavy (non-hydrogen) atoms. The number of rotatable bonds is 8. The number of nitrogens with zero attached hydrogens (tertiary/aromatic N) is 1. The van der Waals surface area contributed by atoms with Crippen molar-refractivity contribution in [3.63, 3.8) is 0 Å². The number of aliphatic hydroxyl groups is 1. The molecule has 0 heterocycles. The van der Waals surface area contributed by atoms with Gasteiger partial charge in [0.15, 0.2) is 0 Å². The van der Waals surface area contributed by atoms with Crippen LogP contribution in [0, 0.1) is 5.92 Å². The highest BCUT2D eigenvalue weighted by Crippen LogP contribution is 2.68. The predicted octanol–water partition coefficient (Wildman–Crippen LogP) is 0.941. The lowest BCUT2D eigenvalue weighted by molar-refractivity contribution is 0.116. The minimum absolute atomic E-state index is 0.120. The molecule has 0 rings (SSSR count). The average Bonchev–Trinajstić information content (AvgIpc) is 2.24. The van der Waals surface area contributed by atoms with Crippen molar-refractivity contribution in [1.82, 2.24) is 4.90 Å². The third-order valence-corrected chi connectivity index (χ3v) is 7.31. The fourth-order valence-electron chi connectivity index (χ4n) is 1.46. The summed E-state index contributed by atoms with van der Waals surface area (Å²) in [7, 11) is -10.9. The highest BCUT2D eigenvalue weighted by atomic mass is 32.1. The lowest BCUT2D eigenvalue weighted by atomic mass is 10.1. The Morgan fingerprint density at radius 2 is 1.62 bits per heavy atom. The summed E-state index contributed by atoms with van der Waals surface area (Å²) in [6.07, 6.45) is -0.134. The first kappa shape index (κ1) is 21.5. The average molecular weight is 381 g/mol. The summed E-state index contributed by atoms with van der Waals surface area (Å²) in [5.41, 5.74) is 0. The van der Waals surface area contributed by atoms with Crippen molar-refractivity contribution in [2.24, 2.45) is 5.92 Å². The van der Waals surface area contributed by atoms with Crippen molar-refractivity contribution >= 4 is 44.4 Å². The normalized spacial score (nSPS) is 13.6. The summed E-state index contributed by atoms with van der Waals surface area (Å²) in [5, 5.41) is 6.35. The van der Waals surface area contributed by atoms with E-state index in [9.17, 15) is 14.2 Å². The quantitative estimate of drug-likeness (QED) is 0.206. The SMILES string of the molecule is CC(C)CCN(CCC(O)(P(=O)(O)O)P(=O)(O)O)C(=S)S. The van der Waals surface area contributed by atoms with Gasteiger partial charge in [-0.15, -0.1) is 12.6 Å². The van der Waals surface area contributed by atoms with E-state index < -0.39 is 26.7 Å². The molecule has 0 saturated heterocycles. The van der Waals surface area contributed by atoms with Gasteiger partial charge in [-0.3, -0.25) is 9.13 Å². The summed E-state index contributed by atoms with van der Waals surface area (Å²) in [6, 6.07) is 0. The van der Waals surface area contributed by atoms with Gasteiger partial charge < -0.3 is 29.6 Å². The first-order chi connectivity index (χ1) is 9.22. The molecule has 126 valence electrons. The van der Waals surface area contributed by atoms with E-state index in [1.54, 1.807) is 0 Å². The van der Waals surface area contributed by atoms with Crippen molar-refractivity contribution in [2.45, 2.75) is 31.8 Å². The van der Waals surface area contributed by atoms with Crippen molar-refractivity contribution < 1.29 is 33.8 Å². The molecule has 0 aliphatic heterocycles. The van der Waals surface area contributed by atoms with E-state index in [0.717, 1.165) is 0 Å². The molecule has 8 nitrogen and oxygen atoms in total. The Balaban J connectivity index is 5.08. The summed E-state index contributed by atoms with van der Waals surface area (Å²) in [5.74, 6) is 0.331. The van der Waals surface area contributed by atoms with Gasteiger partial charge in [-0.1, -0.05) is 26.1 Å². The molecule has 0 saturated carbocycles. The second-order valence-corrected chi connectivity index (χ2v) is 10.2. The van der Waals surface area contributed by atoms with Crippen LogP contribution in [0.25, 0.3) is 0 Å². The molecule has 0 aliphatic carbocycles. The standard InChI is InChI=1S/C9H21NO7P2S2/c1-7(2)3-5-10(8(20)21)6-4-9(11,18(12,13)14)19(15,16)17/h7,11H,3-6H2,1-2H3,(H,20,21)(H2,12,13,14)(H2,15,16,17). The van der Waals surface area contributed by atoms with Crippen LogP contribution in [0.15, 0.2) is 0 Å². The molecule has 0 aliphatic rings. The van der Waals surface area contributed by atoms with E-state index in [1.165, 1.54) is 4.90 Å². The van der Waals surface area contributed by atoms with Crippen molar-refractivity contribution in [3.8, 4) is 0 Å². The lowest BCUT2D eigenvalue weighted by Crippen LogP contribution is -2.37. The molecule has 0 unspecified atom stereocenters. The van der Waals surface area contributed by atoms with E-state index in [2.05, 4.69) is 12.6 Å². The van der Waals surface area contributed by atoms with Crippen LogP contribution in [-0.4, -0.2) is 52.1 Å². The van der Waals surface area contributed by atoms with Crippen LogP contribution in [0.2, 0.25) is 0 Å². The molecular weight excluding hydrogens is 360 g/mol. The largest absolute Gasteiger partial charge is 0.369 e. The van der Waals surface area contributed by atoms with Crippen LogP contribution in [0.3, 0.4) is 0 Å². The van der Waals surface area contributed by atoms with Gasteiger partial charge in [-0.2, -0.15) is 0 Å². The Kier molecular flexibility index (Phi) is 8.04. The van der Waals surface area contributed by atoms with Crippen LogP contribution in [0.1, 0.15) is 26.7 Å². The van der Waals surface area contributed by atoms with Gasteiger partial charge >= 0.3 is 15.2 Å². The number of hydrogen-bond donors (Lipinski definition) is 6. The Morgan fingerprint density at radius 3 is 1.90 bits per heavy atom. The molecule has 12 heteroatoms. The van der Waals surface area contributed by atoms with E-state index >= 15 is 0 Å². The van der Waals surface area contributed by atoms with Crippen molar-refractivity contribution in [2.75, 3.05) is 13.1 Å². The third kappa shape index (κ3) is 6.25. The topological polar surface area (TPSA) is 139 Å². The van der Waals surface area contributed by atoms with Crippen molar-refractivity contribution in [1.29, 1.82) is 0 Å². The minimum Gasteiger partial charge on any atom is -0.367 e. The molecule has 0 aromatic heterocycles. The second kappa shape index (κ2) is 7.86. The maximum atomic E-state index is 11.2. The first-order valence-electron chi connectivity index (χ1n) is 6.04. The highest BCUT2D eigenvalue weighted by Gasteiger charge is 2.59. The first-order valence-corrected chi connectivity index (χ1v) is 10.1. The Morgan fingerprint density at radius 1 is 1.19 bits per heavy atom. The monoisotopic (exact) mass is 381 g/mol. The second-order valence-electron chi connectivity index (χ2n) is 5.06. The zero-order chi connectivity index (χ0) is 17.1. The van der Waals surface area contributed by atoms with Crippen molar-refractivity contribution in [3.05, 3.63) is 0 Å². The Hall–Kier alpha value is 0.500. The number of hydrogen-bond acceptors (Lipinski definition) is 4. The summed E-state index contributed by atoms with van der Waals surface area (Å²) in [6.45, 7) is 4.09. The van der Waals surface area contributed by atoms with E-state index in [0.29, 0.717) is 18.9 Å². The van der Waals surface area contributed by atoms with Gasteiger partial charge in [0.1, 0.15) is 4.32 Å². The Labute approximate surface area is 134 Å². The van der Waals surface area contributed by atoms with Gasteiger partial charge in [0, 0.05) is 19.5 Å². The Bertz CT molecular complexity index is 439. The van der Waals surface area contributed by atoms with Gasteiger partial charge in [0.05, 0.1) is 0 Å². The smallest absolute Gasteiger partial charge is 0.367 e. The lowest BCUT2D eigenvalue weighted by Gasteiger charge is -2.32. The molecule has 0 spiro atoms. The van der Waals surface area contributed by atoms with E-state index in [4.69, 9.17) is 31.8 Å². The van der Waals surface area contributed by atoms with E-state index in [1.807, 2.05) is 13.8 Å². The highest BCUT2D eigenvalue weighted by molar-refractivity contribution is 8.10. The van der Waals surface area contributed by atoms with Crippen LogP contribution in [0.4, 0.5) is 0 Å². The number of thiocarbonyl (C=S) groups is 1. The van der Waals surface area contributed by atoms with Crippen LogP contribution < -0.4 is 0 Å². The maximum Gasteiger partial charge on any atom is 0.369 e. The summed E-state index contributed by atoms with van der Waals surface area (Å²) < 4.78 is 22.6. The summed E-state index contributed by atoms with van der Waals surface area (Å²) in [4.78, 5) is 37.6. The zero-order valence-corrected chi connectivity index (χ0v) is 15.2. The molecule has 0 radical (unpaired) electrons. The molecule has 0 fully saturated rings. The van der Waals surface area contributed by atoms with Gasteiger partial charge in [0.25, 0.3) is 5.08 Å². The molecular formula is C9H21NO7P2S2. The fourth-order valence-corrected chi connectivity index (χ4v) is 3.99. The van der Waals surface area contributed by atoms with Gasteiger partial charge in [-0.05, 0) is 12.3 Å². The third-order valence-electron chi connectivity index (χ3n) is 2.90. The van der Waals surface area contributed by atoms with Crippen LogP contribution in [-0.2, 0) is 9.13 Å². The molecule has 0 atom stereocenters. The van der Waals surface area contributed by atoms with Crippen LogP contribution >= 0.6 is 40.0 Å². The molecule has 0 aromatic carbocycles. The molecule has 0 bridgehead atoms. The summed E-state index contributed by atoms with van der Waals surface area (Å²) >= 11 is 8.82. The fraction of sp³-hybridized carbons (Fsp3) is 0.889. The van der Waals surface area contributed by atoms with Gasteiger partial charge in [-0.25, -0.2) is 0 Å². The number of thiol groups is 1. The maximum absolute atomic E-state index is 11.2. The zero-order valence-electron chi connectivity index (χ0n) is 11.7.